The number of rotatable bonds is 6. The highest BCUT2D eigenvalue weighted by Gasteiger charge is 2.30. The van der Waals surface area contributed by atoms with Gasteiger partial charge in [-0.2, -0.15) is 11.8 Å². The molecule has 4 nitrogen and oxygen atoms in total. The summed E-state index contributed by atoms with van der Waals surface area (Å²) < 4.78 is 27.8. The van der Waals surface area contributed by atoms with E-state index in [1.165, 1.54) is 6.07 Å². The molecule has 0 aliphatic heterocycles. The summed E-state index contributed by atoms with van der Waals surface area (Å²) in [6, 6.07) is 4.92. The van der Waals surface area contributed by atoms with Crippen LogP contribution in [0.2, 0.25) is 5.02 Å². The SMILES string of the molecule is CNCc1ccc(S(=O)(=O)NC2CCCC2SC)cc1Cl. The van der Waals surface area contributed by atoms with Crippen molar-refractivity contribution in [3.05, 3.63) is 28.8 Å². The van der Waals surface area contributed by atoms with E-state index < -0.39 is 10.0 Å². The zero-order chi connectivity index (χ0) is 15.5. The Morgan fingerprint density at radius 3 is 2.76 bits per heavy atom. The van der Waals surface area contributed by atoms with E-state index in [2.05, 4.69) is 10.0 Å². The van der Waals surface area contributed by atoms with E-state index in [1.807, 2.05) is 13.3 Å². The van der Waals surface area contributed by atoms with Gasteiger partial charge < -0.3 is 5.32 Å². The minimum absolute atomic E-state index is 0.0146. The topological polar surface area (TPSA) is 58.2 Å². The smallest absolute Gasteiger partial charge is 0.240 e. The second-order valence-corrected chi connectivity index (χ2v) is 8.41. The van der Waals surface area contributed by atoms with Crippen molar-refractivity contribution in [2.75, 3.05) is 13.3 Å². The summed E-state index contributed by atoms with van der Waals surface area (Å²) in [4.78, 5) is 0.235. The summed E-state index contributed by atoms with van der Waals surface area (Å²) in [6.07, 6.45) is 5.06. The van der Waals surface area contributed by atoms with Crippen LogP contribution in [-0.4, -0.2) is 33.0 Å². The van der Waals surface area contributed by atoms with Gasteiger partial charge in [-0.05, 0) is 43.8 Å². The molecular formula is C14H21ClN2O2S2. The average Bonchev–Trinajstić information content (AvgIpc) is 2.87. The lowest BCUT2D eigenvalue weighted by atomic mass is 10.2. The molecule has 2 N–H and O–H groups in total. The molecule has 2 unspecified atom stereocenters. The van der Waals surface area contributed by atoms with Crippen molar-refractivity contribution in [3.63, 3.8) is 0 Å². The lowest BCUT2D eigenvalue weighted by Gasteiger charge is -2.19. The molecule has 0 radical (unpaired) electrons. The lowest BCUT2D eigenvalue weighted by molar-refractivity contribution is 0.555. The lowest BCUT2D eigenvalue weighted by Crippen LogP contribution is -2.38. The molecule has 0 saturated heterocycles. The number of nitrogens with one attached hydrogen (secondary N) is 2. The number of hydrogen-bond acceptors (Lipinski definition) is 4. The van der Waals surface area contributed by atoms with Crippen LogP contribution in [0.4, 0.5) is 0 Å². The minimum Gasteiger partial charge on any atom is -0.316 e. The highest BCUT2D eigenvalue weighted by atomic mass is 35.5. The summed E-state index contributed by atoms with van der Waals surface area (Å²) in [6.45, 7) is 0.615. The molecule has 0 heterocycles. The third kappa shape index (κ3) is 4.13. The molecule has 2 atom stereocenters. The van der Waals surface area contributed by atoms with Crippen molar-refractivity contribution in [2.45, 2.75) is 42.0 Å². The van der Waals surface area contributed by atoms with Gasteiger partial charge in [0.1, 0.15) is 0 Å². The average molecular weight is 349 g/mol. The van der Waals surface area contributed by atoms with E-state index in [4.69, 9.17) is 11.6 Å². The van der Waals surface area contributed by atoms with Crippen LogP contribution in [-0.2, 0) is 16.6 Å². The normalized spacial score (nSPS) is 22.6. The van der Waals surface area contributed by atoms with E-state index in [0.717, 1.165) is 24.8 Å². The zero-order valence-corrected chi connectivity index (χ0v) is 14.6. The molecule has 0 amide bonds. The first-order valence-corrected chi connectivity index (χ1v) is 10.1. The van der Waals surface area contributed by atoms with Crippen molar-refractivity contribution < 1.29 is 8.42 Å². The molecule has 21 heavy (non-hydrogen) atoms. The summed E-state index contributed by atoms with van der Waals surface area (Å²) in [5.74, 6) is 0. The van der Waals surface area contributed by atoms with Crippen LogP contribution in [0.5, 0.6) is 0 Å². The van der Waals surface area contributed by atoms with Crippen LogP contribution >= 0.6 is 23.4 Å². The Morgan fingerprint density at radius 1 is 1.38 bits per heavy atom. The standard InChI is InChI=1S/C14H21ClN2O2S2/c1-16-9-10-6-7-11(8-12(10)15)21(18,19)17-13-4-3-5-14(13)20-2/h6-8,13-14,16-17H,3-5,9H2,1-2H3. The van der Waals surface area contributed by atoms with E-state index in [9.17, 15) is 8.42 Å². The molecule has 0 bridgehead atoms. The van der Waals surface area contributed by atoms with Crippen molar-refractivity contribution in [2.24, 2.45) is 0 Å². The molecule has 7 heteroatoms. The maximum absolute atomic E-state index is 12.5. The zero-order valence-electron chi connectivity index (χ0n) is 12.2. The van der Waals surface area contributed by atoms with Gasteiger partial charge in [-0.25, -0.2) is 13.1 Å². The van der Waals surface area contributed by atoms with Crippen molar-refractivity contribution in [1.82, 2.24) is 10.0 Å². The Bertz CT molecular complexity index is 593. The fourth-order valence-electron chi connectivity index (χ4n) is 2.64. The minimum atomic E-state index is -3.51. The summed E-state index contributed by atoms with van der Waals surface area (Å²) in [5, 5.41) is 3.84. The van der Waals surface area contributed by atoms with Gasteiger partial charge in [0, 0.05) is 22.9 Å². The van der Waals surface area contributed by atoms with E-state index in [0.29, 0.717) is 16.8 Å². The number of hydrogen-bond donors (Lipinski definition) is 2. The van der Waals surface area contributed by atoms with Crippen LogP contribution in [0.15, 0.2) is 23.1 Å². The van der Waals surface area contributed by atoms with Gasteiger partial charge in [0.25, 0.3) is 0 Å². The van der Waals surface area contributed by atoms with Crippen molar-refractivity contribution >= 4 is 33.4 Å². The number of sulfonamides is 1. The van der Waals surface area contributed by atoms with Crippen LogP contribution in [0, 0.1) is 0 Å². The maximum Gasteiger partial charge on any atom is 0.240 e. The molecule has 2 rings (SSSR count). The van der Waals surface area contributed by atoms with Gasteiger partial charge in [-0.1, -0.05) is 24.1 Å². The van der Waals surface area contributed by atoms with Gasteiger partial charge in [0.05, 0.1) is 4.90 Å². The van der Waals surface area contributed by atoms with E-state index in [-0.39, 0.29) is 10.9 Å². The Kier molecular flexibility index (Phi) is 5.96. The van der Waals surface area contributed by atoms with Crippen molar-refractivity contribution in [1.29, 1.82) is 0 Å². The van der Waals surface area contributed by atoms with E-state index >= 15 is 0 Å². The molecule has 1 fully saturated rings. The molecule has 1 aromatic carbocycles. The highest BCUT2D eigenvalue weighted by Crippen LogP contribution is 2.30. The van der Waals surface area contributed by atoms with Gasteiger partial charge in [0.2, 0.25) is 10.0 Å². The molecule has 0 aromatic heterocycles. The molecule has 1 aromatic rings. The van der Waals surface area contributed by atoms with Crippen LogP contribution in [0.3, 0.4) is 0 Å². The fraction of sp³-hybridized carbons (Fsp3) is 0.571. The first kappa shape index (κ1) is 17.1. The largest absolute Gasteiger partial charge is 0.316 e. The molecule has 0 spiro atoms. The molecule has 1 saturated carbocycles. The summed E-state index contributed by atoms with van der Waals surface area (Å²) in [7, 11) is -1.68. The number of halogens is 1. The Balaban J connectivity index is 2.17. The number of thioether (sulfide) groups is 1. The van der Waals surface area contributed by atoms with Crippen LogP contribution < -0.4 is 10.0 Å². The fourth-order valence-corrected chi connectivity index (χ4v) is 5.31. The third-order valence-electron chi connectivity index (χ3n) is 3.76. The quantitative estimate of drug-likeness (QED) is 0.829. The Labute approximate surface area is 136 Å². The second kappa shape index (κ2) is 7.33. The van der Waals surface area contributed by atoms with Crippen molar-refractivity contribution in [3.8, 4) is 0 Å². The van der Waals surface area contributed by atoms with Crippen LogP contribution in [0.1, 0.15) is 24.8 Å². The summed E-state index contributed by atoms with van der Waals surface area (Å²) >= 11 is 7.88. The molecule has 118 valence electrons. The van der Waals surface area contributed by atoms with Gasteiger partial charge >= 0.3 is 0 Å². The molecule has 1 aliphatic carbocycles. The van der Waals surface area contributed by atoms with Crippen LogP contribution in [0.25, 0.3) is 0 Å². The van der Waals surface area contributed by atoms with E-state index in [1.54, 1.807) is 23.9 Å². The Hall–Kier alpha value is -0.270. The van der Waals surface area contributed by atoms with Gasteiger partial charge in [0.15, 0.2) is 0 Å². The van der Waals surface area contributed by atoms with Gasteiger partial charge in [-0.3, -0.25) is 0 Å². The predicted octanol–water partition coefficient (Wildman–Crippen LogP) is 2.62. The monoisotopic (exact) mass is 348 g/mol. The first-order valence-electron chi connectivity index (χ1n) is 6.96. The first-order chi connectivity index (χ1) is 9.97. The third-order valence-corrected chi connectivity index (χ3v) is 6.77. The van der Waals surface area contributed by atoms with Gasteiger partial charge in [-0.15, -0.1) is 0 Å². The summed E-state index contributed by atoms with van der Waals surface area (Å²) in [5.41, 5.74) is 0.890. The second-order valence-electron chi connectivity index (χ2n) is 5.22. The molecular weight excluding hydrogens is 328 g/mol. The number of benzene rings is 1. The highest BCUT2D eigenvalue weighted by molar-refractivity contribution is 7.99. The molecule has 1 aliphatic rings. The Morgan fingerprint density at radius 2 is 2.14 bits per heavy atom. The maximum atomic E-state index is 12.5. The predicted molar refractivity (Wildman–Crippen MR) is 89.5 cm³/mol.